The fourth-order valence-corrected chi connectivity index (χ4v) is 2.57. The maximum absolute atomic E-state index is 12.3. The Hall–Kier alpha value is -1.07. The Balaban J connectivity index is 2.24. The van der Waals surface area contributed by atoms with Gasteiger partial charge in [0.15, 0.2) is 0 Å². The van der Waals surface area contributed by atoms with Crippen LogP contribution in [0.3, 0.4) is 0 Å². The number of benzene rings is 1. The van der Waals surface area contributed by atoms with Gasteiger partial charge in [0.05, 0.1) is 5.56 Å². The van der Waals surface area contributed by atoms with Gasteiger partial charge in [-0.1, -0.05) is 11.6 Å². The molecule has 1 saturated carbocycles. The number of amides is 1. The summed E-state index contributed by atoms with van der Waals surface area (Å²) in [7, 11) is 0. The second-order valence-corrected chi connectivity index (χ2v) is 5.47. The van der Waals surface area contributed by atoms with Gasteiger partial charge in [-0.25, -0.2) is 0 Å². The number of carboxylic acid groups (broad SMARTS) is 1. The van der Waals surface area contributed by atoms with Crippen LogP contribution in [0.25, 0.3) is 0 Å². The van der Waals surface area contributed by atoms with Crippen molar-refractivity contribution < 1.29 is 14.7 Å². The summed E-state index contributed by atoms with van der Waals surface area (Å²) in [6.45, 7) is -0.265. The molecule has 0 heterocycles. The van der Waals surface area contributed by atoms with Gasteiger partial charge in [0.2, 0.25) is 0 Å². The van der Waals surface area contributed by atoms with Crippen LogP contribution in [0.4, 0.5) is 0 Å². The molecule has 1 aromatic carbocycles. The van der Waals surface area contributed by atoms with Crippen molar-refractivity contribution in [1.82, 2.24) is 4.90 Å². The highest BCUT2D eigenvalue weighted by molar-refractivity contribution is 9.10. The third-order valence-corrected chi connectivity index (χ3v) is 3.61. The van der Waals surface area contributed by atoms with Crippen LogP contribution in [0.15, 0.2) is 22.7 Å². The van der Waals surface area contributed by atoms with Gasteiger partial charge in [-0.3, -0.25) is 9.59 Å². The predicted molar refractivity (Wildman–Crippen MR) is 70.8 cm³/mol. The summed E-state index contributed by atoms with van der Waals surface area (Å²) >= 11 is 9.08. The molecule has 1 N–H and O–H groups in total. The molecule has 1 aliphatic rings. The Morgan fingerprint density at radius 1 is 1.44 bits per heavy atom. The largest absolute Gasteiger partial charge is 0.480 e. The molecule has 0 aromatic heterocycles. The standard InChI is InChI=1S/C12H11BrClNO3/c13-10-5-7(14)1-4-9(10)12(18)15(6-11(16)17)8-2-3-8/h1,4-5,8H,2-3,6H2,(H,16,17). The second-order valence-electron chi connectivity index (χ2n) is 4.18. The summed E-state index contributed by atoms with van der Waals surface area (Å²) in [6.07, 6.45) is 1.73. The molecule has 1 aromatic rings. The minimum absolute atomic E-state index is 0.0520. The minimum Gasteiger partial charge on any atom is -0.480 e. The van der Waals surface area contributed by atoms with Crippen molar-refractivity contribution in [2.75, 3.05) is 6.54 Å². The van der Waals surface area contributed by atoms with E-state index in [9.17, 15) is 9.59 Å². The number of hydrogen-bond acceptors (Lipinski definition) is 2. The van der Waals surface area contributed by atoms with Crippen LogP contribution in [-0.2, 0) is 4.79 Å². The first-order valence-corrected chi connectivity index (χ1v) is 6.64. The van der Waals surface area contributed by atoms with Crippen LogP contribution in [-0.4, -0.2) is 34.5 Å². The molecule has 0 bridgehead atoms. The van der Waals surface area contributed by atoms with E-state index in [0.717, 1.165) is 12.8 Å². The molecule has 0 unspecified atom stereocenters. The van der Waals surface area contributed by atoms with Crippen molar-refractivity contribution in [3.8, 4) is 0 Å². The van der Waals surface area contributed by atoms with Crippen molar-refractivity contribution in [2.24, 2.45) is 0 Å². The summed E-state index contributed by atoms with van der Waals surface area (Å²) in [5.74, 6) is -1.27. The Bertz CT molecular complexity index is 502. The third kappa shape index (κ3) is 3.03. The monoisotopic (exact) mass is 331 g/mol. The van der Waals surface area contributed by atoms with Gasteiger partial charge in [0.25, 0.3) is 5.91 Å². The number of carbonyl (C=O) groups is 2. The molecule has 0 spiro atoms. The number of nitrogens with zero attached hydrogens (tertiary/aromatic N) is 1. The zero-order chi connectivity index (χ0) is 13.3. The highest BCUT2D eigenvalue weighted by Gasteiger charge is 2.34. The maximum atomic E-state index is 12.3. The first-order chi connectivity index (χ1) is 8.49. The van der Waals surface area contributed by atoms with Crippen LogP contribution in [0, 0.1) is 0 Å². The minimum atomic E-state index is -1.000. The summed E-state index contributed by atoms with van der Waals surface area (Å²) in [5, 5.41) is 9.37. The first kappa shape index (κ1) is 13.4. The molecule has 18 heavy (non-hydrogen) atoms. The molecule has 96 valence electrons. The van der Waals surface area contributed by atoms with Crippen molar-refractivity contribution in [3.63, 3.8) is 0 Å². The maximum Gasteiger partial charge on any atom is 0.323 e. The van der Waals surface area contributed by atoms with Gasteiger partial charge < -0.3 is 10.0 Å². The molecule has 0 atom stereocenters. The first-order valence-electron chi connectivity index (χ1n) is 5.47. The van der Waals surface area contributed by atoms with Gasteiger partial charge in [-0.2, -0.15) is 0 Å². The number of carbonyl (C=O) groups excluding carboxylic acids is 1. The van der Waals surface area contributed by atoms with Gasteiger partial charge in [-0.05, 0) is 47.0 Å². The summed E-state index contributed by atoms with van der Waals surface area (Å²) < 4.78 is 0.580. The lowest BCUT2D eigenvalue weighted by molar-refractivity contribution is -0.137. The molecular weight excluding hydrogens is 321 g/mol. The SMILES string of the molecule is O=C(O)CN(C(=O)c1ccc(Cl)cc1Br)C1CC1. The number of halogens is 2. The van der Waals surface area contributed by atoms with Crippen LogP contribution in [0.1, 0.15) is 23.2 Å². The number of carboxylic acids is 1. The molecule has 0 saturated heterocycles. The van der Waals surface area contributed by atoms with E-state index >= 15 is 0 Å². The molecule has 2 rings (SSSR count). The highest BCUT2D eigenvalue weighted by atomic mass is 79.9. The smallest absolute Gasteiger partial charge is 0.323 e. The van der Waals surface area contributed by atoms with E-state index in [1.54, 1.807) is 18.2 Å². The Morgan fingerprint density at radius 2 is 2.11 bits per heavy atom. The fourth-order valence-electron chi connectivity index (χ4n) is 1.72. The van der Waals surface area contributed by atoms with Gasteiger partial charge in [0, 0.05) is 15.5 Å². The lowest BCUT2D eigenvalue weighted by Crippen LogP contribution is -2.37. The molecular formula is C12H11BrClNO3. The van der Waals surface area contributed by atoms with Crippen LogP contribution >= 0.6 is 27.5 Å². The van der Waals surface area contributed by atoms with Gasteiger partial charge in [-0.15, -0.1) is 0 Å². The zero-order valence-electron chi connectivity index (χ0n) is 9.40. The topological polar surface area (TPSA) is 57.6 Å². The molecule has 1 fully saturated rings. The molecule has 0 radical (unpaired) electrons. The lowest BCUT2D eigenvalue weighted by Gasteiger charge is -2.20. The molecule has 1 amide bonds. The molecule has 0 aliphatic heterocycles. The van der Waals surface area contributed by atoms with E-state index in [4.69, 9.17) is 16.7 Å². The highest BCUT2D eigenvalue weighted by Crippen LogP contribution is 2.30. The normalized spacial score (nSPS) is 14.3. The Labute approximate surface area is 118 Å². The quantitative estimate of drug-likeness (QED) is 0.922. The Kier molecular flexibility index (Phi) is 3.92. The zero-order valence-corrected chi connectivity index (χ0v) is 11.7. The average Bonchev–Trinajstić information content (AvgIpc) is 3.08. The van der Waals surface area contributed by atoms with E-state index in [0.29, 0.717) is 15.1 Å². The average molecular weight is 333 g/mol. The van der Waals surface area contributed by atoms with Crippen LogP contribution in [0.5, 0.6) is 0 Å². The van der Waals surface area contributed by atoms with Gasteiger partial charge in [0.1, 0.15) is 6.54 Å². The van der Waals surface area contributed by atoms with Crippen LogP contribution in [0.2, 0.25) is 5.02 Å². The fraction of sp³-hybridized carbons (Fsp3) is 0.333. The number of aliphatic carboxylic acids is 1. The number of rotatable bonds is 4. The van der Waals surface area contributed by atoms with Crippen molar-refractivity contribution in [3.05, 3.63) is 33.3 Å². The van der Waals surface area contributed by atoms with Gasteiger partial charge >= 0.3 is 5.97 Å². The van der Waals surface area contributed by atoms with E-state index in [2.05, 4.69) is 15.9 Å². The van der Waals surface area contributed by atoms with E-state index < -0.39 is 5.97 Å². The summed E-state index contributed by atoms with van der Waals surface area (Å²) in [4.78, 5) is 24.5. The predicted octanol–water partition coefficient (Wildman–Crippen LogP) is 2.79. The Morgan fingerprint density at radius 3 is 2.61 bits per heavy atom. The lowest BCUT2D eigenvalue weighted by atomic mass is 10.2. The number of hydrogen-bond donors (Lipinski definition) is 1. The van der Waals surface area contributed by atoms with E-state index in [1.807, 2.05) is 0 Å². The van der Waals surface area contributed by atoms with Crippen molar-refractivity contribution in [2.45, 2.75) is 18.9 Å². The third-order valence-electron chi connectivity index (χ3n) is 2.72. The second kappa shape index (κ2) is 5.28. The van der Waals surface area contributed by atoms with Crippen molar-refractivity contribution in [1.29, 1.82) is 0 Å². The van der Waals surface area contributed by atoms with Crippen molar-refractivity contribution >= 4 is 39.4 Å². The van der Waals surface area contributed by atoms with E-state index in [1.165, 1.54) is 4.90 Å². The molecule has 4 nitrogen and oxygen atoms in total. The molecule has 6 heteroatoms. The summed E-state index contributed by atoms with van der Waals surface area (Å²) in [5.41, 5.74) is 0.438. The van der Waals surface area contributed by atoms with E-state index in [-0.39, 0.29) is 18.5 Å². The summed E-state index contributed by atoms with van der Waals surface area (Å²) in [6, 6.07) is 4.90. The molecule has 1 aliphatic carbocycles. The van der Waals surface area contributed by atoms with Crippen LogP contribution < -0.4 is 0 Å².